The molecule has 0 saturated heterocycles. The molecule has 0 aliphatic carbocycles. The van der Waals surface area contributed by atoms with Crippen LogP contribution in [0.3, 0.4) is 0 Å². The molecule has 0 saturated carbocycles. The SMILES string of the molecule is Cc1ncc(SC(F)(F)F)s1. The van der Waals surface area contributed by atoms with Crippen LogP contribution >= 0.6 is 23.1 Å². The quantitative estimate of drug-likeness (QED) is 0.645. The van der Waals surface area contributed by atoms with Gasteiger partial charge in [-0.3, -0.25) is 0 Å². The van der Waals surface area contributed by atoms with Crippen molar-refractivity contribution in [3.63, 3.8) is 0 Å². The van der Waals surface area contributed by atoms with Gasteiger partial charge in [0.2, 0.25) is 0 Å². The first-order valence-electron chi connectivity index (χ1n) is 2.65. The number of nitrogens with zero attached hydrogens (tertiary/aromatic N) is 1. The van der Waals surface area contributed by atoms with Crippen molar-refractivity contribution in [1.82, 2.24) is 4.98 Å². The van der Waals surface area contributed by atoms with E-state index in [2.05, 4.69) is 4.98 Å². The molecular formula is C5H4F3NS2. The van der Waals surface area contributed by atoms with Crippen LogP contribution in [0.2, 0.25) is 0 Å². The number of thioether (sulfide) groups is 1. The maximum absolute atomic E-state index is 11.7. The maximum Gasteiger partial charge on any atom is 0.447 e. The highest BCUT2D eigenvalue weighted by atomic mass is 32.2. The lowest BCUT2D eigenvalue weighted by molar-refractivity contribution is -0.0327. The minimum absolute atomic E-state index is 0.122. The third-order valence-corrected chi connectivity index (χ3v) is 2.56. The van der Waals surface area contributed by atoms with Gasteiger partial charge in [0.25, 0.3) is 0 Å². The lowest BCUT2D eigenvalue weighted by Crippen LogP contribution is -1.97. The Morgan fingerprint density at radius 3 is 2.55 bits per heavy atom. The first kappa shape index (κ1) is 8.86. The lowest BCUT2D eigenvalue weighted by atomic mass is 10.8. The monoisotopic (exact) mass is 199 g/mol. The fraction of sp³-hybridized carbons (Fsp3) is 0.400. The Balaban J connectivity index is 2.65. The van der Waals surface area contributed by atoms with Crippen LogP contribution < -0.4 is 0 Å². The number of thiazole rings is 1. The fourth-order valence-electron chi connectivity index (χ4n) is 0.503. The summed E-state index contributed by atoms with van der Waals surface area (Å²) in [7, 11) is 0. The van der Waals surface area contributed by atoms with Crippen LogP contribution in [0.15, 0.2) is 10.4 Å². The summed E-state index contributed by atoms with van der Waals surface area (Å²) < 4.78 is 35.3. The Labute approximate surface area is 69.6 Å². The van der Waals surface area contributed by atoms with Crippen LogP contribution in [0.1, 0.15) is 5.01 Å². The number of aryl methyl sites for hydroxylation is 1. The molecule has 11 heavy (non-hydrogen) atoms. The number of aromatic nitrogens is 1. The molecule has 6 heteroatoms. The zero-order valence-electron chi connectivity index (χ0n) is 5.47. The number of alkyl halides is 3. The van der Waals surface area contributed by atoms with Gasteiger partial charge in [-0.1, -0.05) is 0 Å². The van der Waals surface area contributed by atoms with E-state index in [-0.39, 0.29) is 16.0 Å². The molecule has 0 aliphatic heterocycles. The molecular weight excluding hydrogens is 195 g/mol. The molecule has 1 nitrogen and oxygen atoms in total. The molecule has 1 heterocycles. The van der Waals surface area contributed by atoms with Gasteiger partial charge in [-0.05, 0) is 18.7 Å². The molecule has 0 spiro atoms. The third kappa shape index (κ3) is 3.11. The second-order valence-electron chi connectivity index (χ2n) is 1.75. The van der Waals surface area contributed by atoms with Crippen molar-refractivity contribution >= 4 is 23.1 Å². The van der Waals surface area contributed by atoms with Crippen molar-refractivity contribution in [3.8, 4) is 0 Å². The first-order chi connectivity index (χ1) is 4.97. The maximum atomic E-state index is 11.7. The molecule has 1 rings (SSSR count). The van der Waals surface area contributed by atoms with Gasteiger partial charge >= 0.3 is 5.51 Å². The average molecular weight is 199 g/mol. The van der Waals surface area contributed by atoms with E-state index in [9.17, 15) is 13.2 Å². The summed E-state index contributed by atoms with van der Waals surface area (Å²) in [5.74, 6) is 0. The minimum atomic E-state index is -4.20. The summed E-state index contributed by atoms with van der Waals surface area (Å²) in [6.07, 6.45) is 1.23. The standard InChI is InChI=1S/C5H4F3NS2/c1-3-9-2-4(10-3)11-5(6,7)8/h2H,1H3. The molecule has 0 N–H and O–H groups in total. The van der Waals surface area contributed by atoms with Crippen LogP contribution in [-0.4, -0.2) is 10.5 Å². The summed E-state index contributed by atoms with van der Waals surface area (Å²) in [6.45, 7) is 1.67. The predicted octanol–water partition coefficient (Wildman–Crippen LogP) is 3.06. The number of hydrogen-bond donors (Lipinski definition) is 0. The fourth-order valence-corrected chi connectivity index (χ4v) is 2.15. The average Bonchev–Trinajstić information content (AvgIpc) is 2.10. The van der Waals surface area contributed by atoms with Gasteiger partial charge in [-0.2, -0.15) is 13.2 Å². The van der Waals surface area contributed by atoms with Gasteiger partial charge in [0.1, 0.15) is 0 Å². The van der Waals surface area contributed by atoms with Gasteiger partial charge < -0.3 is 0 Å². The largest absolute Gasteiger partial charge is 0.447 e. The van der Waals surface area contributed by atoms with Crippen LogP contribution in [-0.2, 0) is 0 Å². The second-order valence-corrected chi connectivity index (χ2v) is 4.35. The van der Waals surface area contributed by atoms with E-state index in [1.165, 1.54) is 6.20 Å². The molecule has 1 aromatic heterocycles. The summed E-state index contributed by atoms with van der Waals surface area (Å²) in [6, 6.07) is 0. The van der Waals surface area contributed by atoms with Gasteiger partial charge in [0.05, 0.1) is 15.4 Å². The van der Waals surface area contributed by atoms with Crippen LogP contribution in [0.25, 0.3) is 0 Å². The zero-order valence-corrected chi connectivity index (χ0v) is 7.11. The highest BCUT2D eigenvalue weighted by Gasteiger charge is 2.30. The van der Waals surface area contributed by atoms with Crippen LogP contribution in [0.4, 0.5) is 13.2 Å². The van der Waals surface area contributed by atoms with Crippen molar-refractivity contribution in [2.24, 2.45) is 0 Å². The van der Waals surface area contributed by atoms with Crippen LogP contribution in [0, 0.1) is 6.92 Å². The van der Waals surface area contributed by atoms with Gasteiger partial charge in [0, 0.05) is 0 Å². The molecule has 0 radical (unpaired) electrons. The lowest BCUT2D eigenvalue weighted by Gasteiger charge is -2.00. The molecule has 0 amide bonds. The molecule has 0 aliphatic rings. The van der Waals surface area contributed by atoms with Crippen molar-refractivity contribution in [2.45, 2.75) is 16.6 Å². The Morgan fingerprint density at radius 1 is 1.55 bits per heavy atom. The molecule has 1 aromatic rings. The van der Waals surface area contributed by atoms with Crippen molar-refractivity contribution in [2.75, 3.05) is 0 Å². The second kappa shape index (κ2) is 3.02. The summed E-state index contributed by atoms with van der Waals surface area (Å²) in [5.41, 5.74) is -4.20. The number of hydrogen-bond acceptors (Lipinski definition) is 3. The van der Waals surface area contributed by atoms with E-state index in [4.69, 9.17) is 0 Å². The number of halogens is 3. The molecule has 0 fully saturated rings. The minimum Gasteiger partial charge on any atom is -0.249 e. The van der Waals surface area contributed by atoms with Crippen molar-refractivity contribution in [1.29, 1.82) is 0 Å². The van der Waals surface area contributed by atoms with E-state index >= 15 is 0 Å². The Kier molecular flexibility index (Phi) is 2.43. The molecule has 62 valence electrons. The van der Waals surface area contributed by atoms with E-state index in [1.54, 1.807) is 6.92 Å². The van der Waals surface area contributed by atoms with Crippen molar-refractivity contribution in [3.05, 3.63) is 11.2 Å². The smallest absolute Gasteiger partial charge is 0.249 e. The highest BCUT2D eigenvalue weighted by molar-refractivity contribution is 8.01. The molecule has 0 unspecified atom stereocenters. The van der Waals surface area contributed by atoms with E-state index in [0.29, 0.717) is 5.01 Å². The summed E-state index contributed by atoms with van der Waals surface area (Å²) in [5, 5.41) is 0.650. The van der Waals surface area contributed by atoms with E-state index in [0.717, 1.165) is 11.3 Å². The zero-order chi connectivity index (χ0) is 8.48. The summed E-state index contributed by atoms with van der Waals surface area (Å²) in [4.78, 5) is 3.70. The highest BCUT2D eigenvalue weighted by Crippen LogP contribution is 2.39. The normalized spacial score (nSPS) is 12.0. The Morgan fingerprint density at radius 2 is 2.18 bits per heavy atom. The number of rotatable bonds is 1. The Hall–Kier alpha value is -0.230. The van der Waals surface area contributed by atoms with Gasteiger partial charge in [-0.25, -0.2) is 4.98 Å². The molecule has 0 aromatic carbocycles. The van der Waals surface area contributed by atoms with Crippen molar-refractivity contribution < 1.29 is 13.2 Å². The third-order valence-electron chi connectivity index (χ3n) is 0.816. The van der Waals surface area contributed by atoms with E-state index in [1.807, 2.05) is 0 Å². The molecule has 0 atom stereocenters. The Bertz CT molecular complexity index is 242. The predicted molar refractivity (Wildman–Crippen MR) is 38.8 cm³/mol. The molecule has 0 bridgehead atoms. The van der Waals surface area contributed by atoms with Crippen LogP contribution in [0.5, 0.6) is 0 Å². The van der Waals surface area contributed by atoms with Gasteiger partial charge in [-0.15, -0.1) is 11.3 Å². The topological polar surface area (TPSA) is 12.9 Å². The summed E-state index contributed by atoms with van der Waals surface area (Å²) >= 11 is 0.924. The van der Waals surface area contributed by atoms with Gasteiger partial charge in [0.15, 0.2) is 0 Å². The van der Waals surface area contributed by atoms with E-state index < -0.39 is 5.51 Å². The first-order valence-corrected chi connectivity index (χ1v) is 4.29.